The molecule has 2 N–H and O–H groups in total. The number of fused-ring (bicyclic) bond motifs is 1. The van der Waals surface area contributed by atoms with Gasteiger partial charge in [-0.2, -0.15) is 5.10 Å². The quantitative estimate of drug-likeness (QED) is 0.771. The lowest BCUT2D eigenvalue weighted by molar-refractivity contribution is 0.466. The van der Waals surface area contributed by atoms with Crippen molar-refractivity contribution in [2.24, 2.45) is 0 Å². The van der Waals surface area contributed by atoms with Crippen molar-refractivity contribution in [3.8, 4) is 17.0 Å². The molecule has 2 aromatic heterocycles. The number of benzene rings is 1. The molecule has 2 heterocycles. The molecule has 5 nitrogen and oxygen atoms in total. The van der Waals surface area contributed by atoms with Crippen LogP contribution in [-0.2, 0) is 6.42 Å². The third-order valence-corrected chi connectivity index (χ3v) is 3.56. The average Bonchev–Trinajstić information content (AvgIpc) is 3.00. The van der Waals surface area contributed by atoms with Gasteiger partial charge in [0.15, 0.2) is 0 Å². The molecule has 0 aliphatic heterocycles. The van der Waals surface area contributed by atoms with Crippen molar-refractivity contribution in [3.05, 3.63) is 46.4 Å². The Balaban J connectivity index is 2.18. The number of H-pyrrole nitrogens is 1. The first-order valence-electron chi connectivity index (χ1n) is 6.98. The number of unbranched alkanes of at least 4 members (excludes halogenated alkanes) is 1. The second-order valence-corrected chi connectivity index (χ2v) is 5.03. The van der Waals surface area contributed by atoms with E-state index in [0.717, 1.165) is 24.8 Å². The van der Waals surface area contributed by atoms with E-state index in [0.29, 0.717) is 22.2 Å². The summed E-state index contributed by atoms with van der Waals surface area (Å²) in [6, 6.07) is 4.96. The summed E-state index contributed by atoms with van der Waals surface area (Å²) >= 11 is 0. The monoisotopic (exact) mass is 284 g/mol. The zero-order valence-electron chi connectivity index (χ0n) is 11.7. The Morgan fingerprint density at radius 3 is 2.95 bits per heavy atom. The number of phenolic OH excluding ortho intramolecular Hbond substituents is 1. The van der Waals surface area contributed by atoms with Gasteiger partial charge in [0, 0.05) is 12.3 Å². The lowest BCUT2D eigenvalue weighted by Gasteiger charge is -2.06. The lowest BCUT2D eigenvalue weighted by atomic mass is 10.0. The van der Waals surface area contributed by atoms with Gasteiger partial charge in [-0.1, -0.05) is 13.3 Å². The lowest BCUT2D eigenvalue weighted by Crippen LogP contribution is -2.05. The van der Waals surface area contributed by atoms with Gasteiger partial charge in [0.1, 0.15) is 17.6 Å². The maximum atomic E-state index is 12.6. The summed E-state index contributed by atoms with van der Waals surface area (Å²) in [6.45, 7) is 2.09. The van der Waals surface area contributed by atoms with Crippen molar-refractivity contribution in [2.75, 3.05) is 0 Å². The van der Waals surface area contributed by atoms with Crippen LogP contribution in [0.4, 0.5) is 0 Å². The van der Waals surface area contributed by atoms with E-state index in [1.807, 2.05) is 0 Å². The van der Waals surface area contributed by atoms with Crippen LogP contribution in [0.1, 0.15) is 25.3 Å². The molecule has 0 spiro atoms. The van der Waals surface area contributed by atoms with E-state index >= 15 is 0 Å². The minimum atomic E-state index is -0.127. The molecule has 0 unspecified atom stereocenters. The molecule has 21 heavy (non-hydrogen) atoms. The number of nitrogens with zero attached hydrogens (tertiary/aromatic N) is 1. The van der Waals surface area contributed by atoms with Gasteiger partial charge in [-0.15, -0.1) is 0 Å². The van der Waals surface area contributed by atoms with Crippen LogP contribution >= 0.6 is 0 Å². The first-order valence-corrected chi connectivity index (χ1v) is 6.98. The average molecular weight is 284 g/mol. The number of rotatable bonds is 4. The van der Waals surface area contributed by atoms with E-state index in [1.165, 1.54) is 12.3 Å². The van der Waals surface area contributed by atoms with E-state index in [9.17, 15) is 9.90 Å². The molecule has 0 saturated carbocycles. The number of hydrogen-bond donors (Lipinski definition) is 2. The first-order chi connectivity index (χ1) is 10.2. The van der Waals surface area contributed by atoms with Gasteiger partial charge in [-0.05, 0) is 30.5 Å². The molecular weight excluding hydrogens is 268 g/mol. The summed E-state index contributed by atoms with van der Waals surface area (Å²) in [7, 11) is 0. The summed E-state index contributed by atoms with van der Waals surface area (Å²) in [5.41, 5.74) is 2.10. The van der Waals surface area contributed by atoms with Crippen LogP contribution in [0, 0.1) is 0 Å². The molecule has 3 rings (SSSR count). The number of nitrogens with one attached hydrogen (secondary N) is 1. The minimum absolute atomic E-state index is 0.127. The van der Waals surface area contributed by atoms with Gasteiger partial charge in [0.05, 0.1) is 16.6 Å². The number of hydrogen-bond acceptors (Lipinski definition) is 4. The van der Waals surface area contributed by atoms with Crippen LogP contribution in [-0.4, -0.2) is 15.3 Å². The van der Waals surface area contributed by atoms with Crippen molar-refractivity contribution in [2.45, 2.75) is 26.2 Å². The summed E-state index contributed by atoms with van der Waals surface area (Å²) < 4.78 is 5.48. The second kappa shape index (κ2) is 5.44. The highest BCUT2D eigenvalue weighted by Crippen LogP contribution is 2.26. The normalized spacial score (nSPS) is 11.1. The first kappa shape index (κ1) is 13.4. The van der Waals surface area contributed by atoms with Gasteiger partial charge in [0.2, 0.25) is 5.43 Å². The standard InChI is InChI=1S/C16H16N2O3/c1-2-3-4-10-7-11-15(8-14(10)19)21-9-12(16(11)20)13-5-6-17-18-13/h5-9,19H,2-4H2,1H3,(H,17,18). The van der Waals surface area contributed by atoms with E-state index in [2.05, 4.69) is 17.1 Å². The van der Waals surface area contributed by atoms with Crippen LogP contribution in [0.2, 0.25) is 0 Å². The summed E-state index contributed by atoms with van der Waals surface area (Å²) in [6.07, 6.45) is 5.71. The van der Waals surface area contributed by atoms with Crippen LogP contribution in [0.15, 0.2) is 39.9 Å². The van der Waals surface area contributed by atoms with E-state index in [-0.39, 0.29) is 11.2 Å². The highest BCUT2D eigenvalue weighted by molar-refractivity contribution is 5.83. The summed E-state index contributed by atoms with van der Waals surface area (Å²) in [5.74, 6) is 0.174. The molecule has 0 amide bonds. The minimum Gasteiger partial charge on any atom is -0.508 e. The van der Waals surface area contributed by atoms with Gasteiger partial charge < -0.3 is 9.52 Å². The Bertz CT molecular complexity index is 819. The zero-order chi connectivity index (χ0) is 14.8. The van der Waals surface area contributed by atoms with Gasteiger partial charge in [-0.3, -0.25) is 9.89 Å². The maximum Gasteiger partial charge on any atom is 0.202 e. The third-order valence-electron chi connectivity index (χ3n) is 3.56. The fourth-order valence-corrected chi connectivity index (χ4v) is 2.37. The van der Waals surface area contributed by atoms with Crippen LogP contribution < -0.4 is 5.43 Å². The maximum absolute atomic E-state index is 12.6. The SMILES string of the molecule is CCCCc1cc2c(=O)c(-c3ccn[nH]3)coc2cc1O. The molecular formula is C16H16N2O3. The fourth-order valence-electron chi connectivity index (χ4n) is 2.37. The van der Waals surface area contributed by atoms with Crippen molar-refractivity contribution < 1.29 is 9.52 Å². The van der Waals surface area contributed by atoms with E-state index in [1.54, 1.807) is 18.3 Å². The molecule has 0 aliphatic carbocycles. The van der Waals surface area contributed by atoms with Gasteiger partial charge in [0.25, 0.3) is 0 Å². The van der Waals surface area contributed by atoms with E-state index in [4.69, 9.17) is 4.42 Å². The Labute approximate surface area is 121 Å². The number of aromatic hydroxyl groups is 1. The van der Waals surface area contributed by atoms with Crippen molar-refractivity contribution in [1.29, 1.82) is 0 Å². The van der Waals surface area contributed by atoms with Gasteiger partial charge >= 0.3 is 0 Å². The second-order valence-electron chi connectivity index (χ2n) is 5.03. The highest BCUT2D eigenvalue weighted by Gasteiger charge is 2.13. The molecule has 0 fully saturated rings. The Morgan fingerprint density at radius 2 is 2.24 bits per heavy atom. The molecule has 1 aromatic carbocycles. The van der Waals surface area contributed by atoms with Crippen LogP contribution in [0.25, 0.3) is 22.2 Å². The number of aromatic nitrogens is 2. The predicted octanol–water partition coefficient (Wildman–Crippen LogP) is 3.23. The van der Waals surface area contributed by atoms with Crippen LogP contribution in [0.3, 0.4) is 0 Å². The largest absolute Gasteiger partial charge is 0.508 e. The topological polar surface area (TPSA) is 79.1 Å². The number of phenols is 1. The smallest absolute Gasteiger partial charge is 0.202 e. The Morgan fingerprint density at radius 1 is 1.38 bits per heavy atom. The molecule has 0 saturated heterocycles. The Hall–Kier alpha value is -2.56. The molecule has 0 radical (unpaired) electrons. The molecule has 108 valence electrons. The van der Waals surface area contributed by atoms with E-state index < -0.39 is 0 Å². The van der Waals surface area contributed by atoms with Gasteiger partial charge in [-0.25, -0.2) is 0 Å². The molecule has 0 atom stereocenters. The number of aromatic amines is 1. The Kier molecular flexibility index (Phi) is 3.48. The fraction of sp³-hybridized carbons (Fsp3) is 0.250. The predicted molar refractivity (Wildman–Crippen MR) is 80.3 cm³/mol. The summed E-state index contributed by atoms with van der Waals surface area (Å²) in [4.78, 5) is 12.6. The molecule has 5 heteroatoms. The number of aryl methyl sites for hydroxylation is 1. The zero-order valence-corrected chi connectivity index (χ0v) is 11.7. The highest BCUT2D eigenvalue weighted by atomic mass is 16.3. The third kappa shape index (κ3) is 2.42. The van der Waals surface area contributed by atoms with Crippen molar-refractivity contribution in [1.82, 2.24) is 10.2 Å². The van der Waals surface area contributed by atoms with Crippen LogP contribution in [0.5, 0.6) is 5.75 Å². The summed E-state index contributed by atoms with van der Waals surface area (Å²) in [5, 5.41) is 17.1. The molecule has 0 bridgehead atoms. The molecule has 0 aliphatic rings. The van der Waals surface area contributed by atoms with Crippen molar-refractivity contribution >= 4 is 11.0 Å². The van der Waals surface area contributed by atoms with Crippen molar-refractivity contribution in [3.63, 3.8) is 0 Å². The molecule has 3 aromatic rings.